The highest BCUT2D eigenvalue weighted by Crippen LogP contribution is 2.38. The number of cyclic esters (lactones) is 1. The lowest BCUT2D eigenvalue weighted by Gasteiger charge is -2.14. The topological polar surface area (TPSA) is 100 Å². The van der Waals surface area contributed by atoms with Gasteiger partial charge in [-0.3, -0.25) is 10.1 Å². The Bertz CT molecular complexity index is 1120. The molecule has 0 saturated carbocycles. The average molecular weight is 524 g/mol. The van der Waals surface area contributed by atoms with Crippen molar-refractivity contribution >= 4 is 51.2 Å². The van der Waals surface area contributed by atoms with Crippen LogP contribution in [0.2, 0.25) is 5.02 Å². The van der Waals surface area contributed by atoms with Crippen LogP contribution in [0.3, 0.4) is 0 Å². The molecule has 2 aromatic rings. The Hall–Kier alpha value is -2.91. The second kappa shape index (κ2) is 10.6. The zero-order valence-corrected chi connectivity index (χ0v) is 19.7. The number of unbranched alkanes of at least 4 members (excludes halogenated alkanes) is 1. The first-order valence-electron chi connectivity index (χ1n) is 9.90. The highest BCUT2D eigenvalue weighted by molar-refractivity contribution is 9.10. The Morgan fingerprint density at radius 1 is 1.25 bits per heavy atom. The van der Waals surface area contributed by atoms with Gasteiger partial charge in [0.05, 0.1) is 22.6 Å². The minimum atomic E-state index is -0.671. The maximum Gasteiger partial charge on any atom is 0.363 e. The normalized spacial score (nSPS) is 14.3. The molecule has 0 amide bonds. The van der Waals surface area contributed by atoms with Crippen LogP contribution in [-0.2, 0) is 9.53 Å². The smallest absolute Gasteiger partial charge is 0.363 e. The van der Waals surface area contributed by atoms with Crippen LogP contribution in [0.15, 0.2) is 45.5 Å². The zero-order valence-electron chi connectivity index (χ0n) is 17.4. The van der Waals surface area contributed by atoms with Gasteiger partial charge in [0.25, 0.3) is 5.69 Å². The summed E-state index contributed by atoms with van der Waals surface area (Å²) in [5.41, 5.74) is 0.659. The van der Waals surface area contributed by atoms with Gasteiger partial charge in [-0.25, -0.2) is 9.79 Å². The van der Waals surface area contributed by atoms with E-state index < -0.39 is 10.9 Å². The number of carbonyl (C=O) groups is 1. The first kappa shape index (κ1) is 23.7. The maximum atomic E-state index is 12.4. The van der Waals surface area contributed by atoms with E-state index in [0.29, 0.717) is 34.7 Å². The van der Waals surface area contributed by atoms with Gasteiger partial charge in [0.1, 0.15) is 5.02 Å². The Morgan fingerprint density at radius 3 is 2.72 bits per heavy atom. The summed E-state index contributed by atoms with van der Waals surface area (Å²) in [6.07, 6.45) is 3.46. The SMILES string of the molecule is CCCCOc1c(Br)cc(/C=C2\N=C(c3ccc(Cl)c([N+](=O)[O-])c3)OC2=O)cc1OCC. The molecule has 10 heteroatoms. The molecule has 0 bridgehead atoms. The number of nitro benzene ring substituents is 1. The van der Waals surface area contributed by atoms with Crippen LogP contribution in [0.5, 0.6) is 11.5 Å². The van der Waals surface area contributed by atoms with Gasteiger partial charge >= 0.3 is 5.97 Å². The van der Waals surface area contributed by atoms with Gasteiger partial charge in [0.2, 0.25) is 5.90 Å². The molecule has 0 N–H and O–H groups in total. The fraction of sp³-hybridized carbons (Fsp3) is 0.273. The largest absolute Gasteiger partial charge is 0.490 e. The second-order valence-corrected chi connectivity index (χ2v) is 7.99. The van der Waals surface area contributed by atoms with Crippen LogP contribution in [0.25, 0.3) is 6.08 Å². The molecule has 0 atom stereocenters. The van der Waals surface area contributed by atoms with Gasteiger partial charge < -0.3 is 14.2 Å². The number of nitrogens with zero attached hydrogens (tertiary/aromatic N) is 2. The fourth-order valence-corrected chi connectivity index (χ4v) is 3.63. The molecule has 0 fully saturated rings. The molecule has 168 valence electrons. The molecule has 3 rings (SSSR count). The number of carbonyl (C=O) groups excluding carboxylic acids is 1. The number of nitro groups is 1. The second-order valence-electron chi connectivity index (χ2n) is 6.72. The quantitative estimate of drug-likeness (QED) is 0.133. The van der Waals surface area contributed by atoms with Crippen molar-refractivity contribution in [2.24, 2.45) is 4.99 Å². The van der Waals surface area contributed by atoms with Crippen LogP contribution in [-0.4, -0.2) is 30.0 Å². The molecule has 32 heavy (non-hydrogen) atoms. The van der Waals surface area contributed by atoms with Crippen molar-refractivity contribution in [3.63, 3.8) is 0 Å². The van der Waals surface area contributed by atoms with Crippen LogP contribution < -0.4 is 9.47 Å². The van der Waals surface area contributed by atoms with Crippen molar-refractivity contribution in [2.45, 2.75) is 26.7 Å². The Kier molecular flexibility index (Phi) is 7.87. The van der Waals surface area contributed by atoms with Gasteiger partial charge in [-0.2, -0.15) is 0 Å². The van der Waals surface area contributed by atoms with Crippen molar-refractivity contribution < 1.29 is 23.9 Å². The molecular weight excluding hydrogens is 504 g/mol. The Labute approximate surface area is 198 Å². The minimum absolute atomic E-state index is 0.0195. The van der Waals surface area contributed by atoms with Gasteiger partial charge in [0, 0.05) is 11.6 Å². The number of halogens is 2. The van der Waals surface area contributed by atoms with Crippen molar-refractivity contribution in [3.8, 4) is 11.5 Å². The van der Waals surface area contributed by atoms with E-state index in [1.165, 1.54) is 18.2 Å². The molecule has 0 unspecified atom stereocenters. The molecule has 1 aliphatic heterocycles. The highest BCUT2D eigenvalue weighted by atomic mass is 79.9. The first-order valence-corrected chi connectivity index (χ1v) is 11.1. The van der Waals surface area contributed by atoms with Crippen molar-refractivity contribution in [1.29, 1.82) is 0 Å². The fourth-order valence-electron chi connectivity index (χ4n) is 2.87. The number of rotatable bonds is 9. The predicted octanol–water partition coefficient (Wildman–Crippen LogP) is 5.93. The summed E-state index contributed by atoms with van der Waals surface area (Å²) < 4.78 is 17.4. The molecule has 0 aliphatic carbocycles. The molecule has 1 heterocycles. The van der Waals surface area contributed by atoms with E-state index in [0.717, 1.165) is 12.8 Å². The summed E-state index contributed by atoms with van der Waals surface area (Å²) in [6.45, 7) is 4.94. The van der Waals surface area contributed by atoms with Crippen molar-refractivity contribution in [1.82, 2.24) is 0 Å². The summed E-state index contributed by atoms with van der Waals surface area (Å²) in [4.78, 5) is 27.1. The molecule has 0 aromatic heterocycles. The lowest BCUT2D eigenvalue weighted by Crippen LogP contribution is -2.06. The monoisotopic (exact) mass is 522 g/mol. The lowest BCUT2D eigenvalue weighted by molar-refractivity contribution is -0.384. The van der Waals surface area contributed by atoms with Gasteiger partial charge in [-0.05, 0) is 65.2 Å². The van der Waals surface area contributed by atoms with Crippen LogP contribution in [0.4, 0.5) is 5.69 Å². The third-order valence-electron chi connectivity index (χ3n) is 4.39. The number of aliphatic imine (C=N–C) groups is 1. The zero-order chi connectivity index (χ0) is 23.3. The van der Waals surface area contributed by atoms with E-state index in [4.69, 9.17) is 25.8 Å². The van der Waals surface area contributed by atoms with Crippen LogP contribution >= 0.6 is 27.5 Å². The Morgan fingerprint density at radius 2 is 2.03 bits per heavy atom. The van der Waals surface area contributed by atoms with E-state index in [2.05, 4.69) is 27.8 Å². The average Bonchev–Trinajstić information content (AvgIpc) is 3.10. The molecule has 0 spiro atoms. The van der Waals surface area contributed by atoms with E-state index >= 15 is 0 Å². The van der Waals surface area contributed by atoms with E-state index in [1.807, 2.05) is 6.92 Å². The molecule has 8 nitrogen and oxygen atoms in total. The van der Waals surface area contributed by atoms with Gasteiger partial charge in [-0.15, -0.1) is 0 Å². The molecule has 2 aromatic carbocycles. The first-order chi connectivity index (χ1) is 15.3. The lowest BCUT2D eigenvalue weighted by atomic mass is 10.1. The van der Waals surface area contributed by atoms with E-state index in [1.54, 1.807) is 18.2 Å². The molecule has 0 radical (unpaired) electrons. The molecular formula is C22H20BrClN2O6. The Balaban J connectivity index is 1.94. The third kappa shape index (κ3) is 5.46. The predicted molar refractivity (Wildman–Crippen MR) is 124 cm³/mol. The number of hydrogen-bond acceptors (Lipinski definition) is 7. The maximum absolute atomic E-state index is 12.4. The van der Waals surface area contributed by atoms with Crippen LogP contribution in [0.1, 0.15) is 37.8 Å². The summed E-state index contributed by atoms with van der Waals surface area (Å²) in [5, 5.41) is 11.1. The summed E-state index contributed by atoms with van der Waals surface area (Å²) >= 11 is 9.34. The summed E-state index contributed by atoms with van der Waals surface area (Å²) in [5.74, 6) is 0.419. The number of esters is 1. The number of benzene rings is 2. The van der Waals surface area contributed by atoms with E-state index in [9.17, 15) is 14.9 Å². The number of ether oxygens (including phenoxy) is 3. The van der Waals surface area contributed by atoms with Gasteiger partial charge in [-0.1, -0.05) is 24.9 Å². The third-order valence-corrected chi connectivity index (χ3v) is 5.30. The standard InChI is InChI=1S/C22H20BrClN2O6/c1-3-5-8-31-20-15(23)9-13(11-19(20)30-4-2)10-17-22(27)32-21(25-17)14-6-7-16(24)18(12-14)26(28)29/h6-7,9-12H,3-5,8H2,1-2H3/b17-10-. The van der Waals surface area contributed by atoms with Gasteiger partial charge in [0.15, 0.2) is 17.2 Å². The minimum Gasteiger partial charge on any atom is -0.490 e. The van der Waals surface area contributed by atoms with Crippen molar-refractivity contribution in [3.05, 3.63) is 66.8 Å². The van der Waals surface area contributed by atoms with E-state index in [-0.39, 0.29) is 27.9 Å². The highest BCUT2D eigenvalue weighted by Gasteiger charge is 2.26. The molecule has 1 aliphatic rings. The summed E-state index contributed by atoms with van der Waals surface area (Å²) in [6, 6.07) is 7.59. The van der Waals surface area contributed by atoms with Crippen LogP contribution in [0, 0.1) is 10.1 Å². The summed E-state index contributed by atoms with van der Waals surface area (Å²) in [7, 11) is 0. The van der Waals surface area contributed by atoms with Crippen molar-refractivity contribution in [2.75, 3.05) is 13.2 Å². The molecule has 0 saturated heterocycles. The number of hydrogen-bond donors (Lipinski definition) is 0.